The fourth-order valence-electron chi connectivity index (χ4n) is 13.4. The molecule has 340 valence electrons. The van der Waals surface area contributed by atoms with Crippen molar-refractivity contribution in [1.29, 1.82) is 0 Å². The maximum atomic E-state index is 6.87. The van der Waals surface area contributed by atoms with E-state index >= 15 is 0 Å². The Morgan fingerprint density at radius 2 is 0.886 bits per heavy atom. The maximum Gasteiger partial charge on any atom is 0.143 e. The molecule has 9 aromatic carbocycles. The Morgan fingerprint density at radius 3 is 1.60 bits per heavy atom. The molecule has 3 aliphatic rings. The number of fused-ring (bicyclic) bond motifs is 17. The first kappa shape index (κ1) is 41.4. The van der Waals surface area contributed by atoms with Gasteiger partial charge in [-0.2, -0.15) is 0 Å². The van der Waals surface area contributed by atoms with Gasteiger partial charge in [0.1, 0.15) is 22.3 Å². The topological polar surface area (TPSA) is 29.5 Å². The summed E-state index contributed by atoms with van der Waals surface area (Å²) in [4.78, 5) is 2.51. The first-order valence-corrected chi connectivity index (χ1v) is 25.0. The molecule has 0 fully saturated rings. The number of rotatable bonds is 4. The van der Waals surface area contributed by atoms with Gasteiger partial charge in [0.05, 0.1) is 0 Å². The monoisotopic (exact) mass is 905 g/mol. The Balaban J connectivity index is 0.940. The van der Waals surface area contributed by atoms with Crippen LogP contribution >= 0.6 is 0 Å². The summed E-state index contributed by atoms with van der Waals surface area (Å²) in [6, 6.07) is 57.2. The smallest absolute Gasteiger partial charge is 0.143 e. The zero-order chi connectivity index (χ0) is 47.9. The van der Waals surface area contributed by atoms with Crippen molar-refractivity contribution in [3.8, 4) is 44.5 Å². The normalized spacial score (nSPS) is 15.3. The van der Waals surface area contributed by atoms with Crippen LogP contribution in [-0.4, -0.2) is 0 Å². The van der Waals surface area contributed by atoms with Crippen molar-refractivity contribution in [2.45, 2.75) is 85.5 Å². The minimum atomic E-state index is -0.294. The van der Waals surface area contributed by atoms with E-state index in [9.17, 15) is 0 Å². The van der Waals surface area contributed by atoms with Crippen molar-refractivity contribution in [3.05, 3.63) is 207 Å². The Hall–Kier alpha value is -7.62. The number of furan rings is 2. The van der Waals surface area contributed by atoms with E-state index in [0.29, 0.717) is 0 Å². The summed E-state index contributed by atoms with van der Waals surface area (Å²) in [6.07, 6.45) is 0. The summed E-state index contributed by atoms with van der Waals surface area (Å²) >= 11 is 0. The summed E-state index contributed by atoms with van der Waals surface area (Å²) in [5.41, 5.74) is 29.9. The molecule has 0 atom stereocenters. The summed E-state index contributed by atoms with van der Waals surface area (Å²) in [7, 11) is 0. The second-order valence-corrected chi connectivity index (χ2v) is 22.3. The van der Waals surface area contributed by atoms with Crippen molar-refractivity contribution in [2.24, 2.45) is 0 Å². The third-order valence-electron chi connectivity index (χ3n) is 17.0. The molecular weight excluding hydrogens is 851 g/mol. The third kappa shape index (κ3) is 5.36. The standard InChI is InChI=1S/C67H55NO2/c1-36-19-23-42(38(3)29-36)48-34-55-60(63-46-16-12-14-18-58(46)70-64(48)63)44-25-22-41(32-52(44)67(55,9)10)68(56-27-20-37(2)30-39(56)4)40-21-24-43-47-33-54-49(35-53(47)66(7,8)51(43)31-40)61-50(65(54,5)6)26-28-59-62(61)45-15-11-13-17-57(45)69-59/h11-35H,1-10H3. The van der Waals surface area contributed by atoms with Crippen LogP contribution in [0.15, 0.2) is 160 Å². The second kappa shape index (κ2) is 13.8. The van der Waals surface area contributed by atoms with Gasteiger partial charge in [0.25, 0.3) is 0 Å². The van der Waals surface area contributed by atoms with E-state index in [1.807, 2.05) is 0 Å². The van der Waals surface area contributed by atoms with Crippen LogP contribution in [0, 0.1) is 27.7 Å². The van der Waals surface area contributed by atoms with E-state index in [1.165, 1.54) is 116 Å². The molecule has 0 aliphatic heterocycles. The van der Waals surface area contributed by atoms with Gasteiger partial charge in [0.2, 0.25) is 0 Å². The predicted molar refractivity (Wildman–Crippen MR) is 293 cm³/mol. The quantitative estimate of drug-likeness (QED) is 0.176. The molecule has 70 heavy (non-hydrogen) atoms. The zero-order valence-corrected chi connectivity index (χ0v) is 41.7. The molecule has 0 saturated heterocycles. The number of benzene rings is 9. The molecule has 0 unspecified atom stereocenters. The van der Waals surface area contributed by atoms with Gasteiger partial charge in [-0.25, -0.2) is 0 Å². The van der Waals surface area contributed by atoms with E-state index < -0.39 is 0 Å². The van der Waals surface area contributed by atoms with Crippen LogP contribution in [0.25, 0.3) is 88.4 Å². The van der Waals surface area contributed by atoms with E-state index in [2.05, 4.69) is 226 Å². The van der Waals surface area contributed by atoms with Crippen molar-refractivity contribution in [3.63, 3.8) is 0 Å². The van der Waals surface area contributed by atoms with Crippen molar-refractivity contribution in [2.75, 3.05) is 4.90 Å². The summed E-state index contributed by atoms with van der Waals surface area (Å²) < 4.78 is 13.3. The minimum Gasteiger partial charge on any atom is -0.456 e. The molecule has 3 nitrogen and oxygen atoms in total. The Kier molecular flexibility index (Phi) is 8.15. The molecule has 2 heterocycles. The first-order valence-electron chi connectivity index (χ1n) is 25.0. The minimum absolute atomic E-state index is 0.169. The summed E-state index contributed by atoms with van der Waals surface area (Å²) in [5.74, 6) is 0. The highest BCUT2D eigenvalue weighted by atomic mass is 16.3. The van der Waals surface area contributed by atoms with E-state index in [0.717, 1.165) is 44.7 Å². The first-order chi connectivity index (χ1) is 33.6. The van der Waals surface area contributed by atoms with E-state index in [1.54, 1.807) is 0 Å². The largest absolute Gasteiger partial charge is 0.456 e. The molecule has 0 N–H and O–H groups in total. The van der Waals surface area contributed by atoms with Crippen LogP contribution in [0.4, 0.5) is 17.1 Å². The highest BCUT2D eigenvalue weighted by Gasteiger charge is 2.44. The molecule has 0 spiro atoms. The number of nitrogens with zero attached hydrogens (tertiary/aromatic N) is 1. The Morgan fingerprint density at radius 1 is 0.357 bits per heavy atom. The Bertz CT molecular complexity index is 4150. The maximum absolute atomic E-state index is 6.87. The SMILES string of the molecule is Cc1ccc(-c2cc3c(c4c2oc2ccccc24)-c2ccc(N(c4ccc5c(c4)C(C)(C)c4cc6c(cc4-5)C(C)(C)c4ccc5oc7ccccc7c5c4-6)c4ccc(C)cc4C)cc2C3(C)C)c(C)c1. The highest BCUT2D eigenvalue weighted by molar-refractivity contribution is 6.19. The molecule has 0 radical (unpaired) electrons. The fraction of sp³-hybridized carbons (Fsp3) is 0.194. The third-order valence-corrected chi connectivity index (χ3v) is 17.0. The molecule has 11 aromatic rings. The van der Waals surface area contributed by atoms with Gasteiger partial charge in [-0.3, -0.25) is 0 Å². The van der Waals surface area contributed by atoms with Crippen molar-refractivity contribution in [1.82, 2.24) is 0 Å². The lowest BCUT2D eigenvalue weighted by molar-refractivity contribution is 0.651. The summed E-state index contributed by atoms with van der Waals surface area (Å²) in [5, 5.41) is 4.77. The molecule has 3 heteroatoms. The van der Waals surface area contributed by atoms with Gasteiger partial charge in [-0.05, 0) is 178 Å². The van der Waals surface area contributed by atoms with Crippen LogP contribution in [-0.2, 0) is 16.2 Å². The zero-order valence-electron chi connectivity index (χ0n) is 41.7. The lowest BCUT2D eigenvalue weighted by atomic mass is 9.79. The van der Waals surface area contributed by atoms with Gasteiger partial charge < -0.3 is 13.7 Å². The number of hydrogen-bond donors (Lipinski definition) is 0. The van der Waals surface area contributed by atoms with Gasteiger partial charge >= 0.3 is 0 Å². The predicted octanol–water partition coefficient (Wildman–Crippen LogP) is 18.8. The summed E-state index contributed by atoms with van der Waals surface area (Å²) in [6.45, 7) is 23.3. The molecular formula is C67H55NO2. The molecule has 3 aliphatic carbocycles. The van der Waals surface area contributed by atoms with Crippen molar-refractivity contribution < 1.29 is 8.83 Å². The second-order valence-electron chi connectivity index (χ2n) is 22.3. The van der Waals surface area contributed by atoms with Gasteiger partial charge in [-0.15, -0.1) is 0 Å². The lowest BCUT2D eigenvalue weighted by Crippen LogP contribution is -2.18. The fourth-order valence-corrected chi connectivity index (χ4v) is 13.4. The Labute approximate surface area is 410 Å². The average Bonchev–Trinajstić information content (AvgIpc) is 4.08. The van der Waals surface area contributed by atoms with E-state index in [4.69, 9.17) is 8.83 Å². The lowest BCUT2D eigenvalue weighted by Gasteiger charge is -2.31. The number of aryl methyl sites for hydroxylation is 4. The van der Waals surface area contributed by atoms with Gasteiger partial charge in [-0.1, -0.05) is 138 Å². The molecule has 0 bridgehead atoms. The van der Waals surface area contributed by atoms with Crippen LogP contribution in [0.3, 0.4) is 0 Å². The molecule has 0 amide bonds. The van der Waals surface area contributed by atoms with E-state index in [-0.39, 0.29) is 16.2 Å². The van der Waals surface area contributed by atoms with Crippen molar-refractivity contribution >= 4 is 60.9 Å². The molecule has 2 aromatic heterocycles. The van der Waals surface area contributed by atoms with Crippen LogP contribution < -0.4 is 4.90 Å². The van der Waals surface area contributed by atoms with Gasteiger partial charge in [0.15, 0.2) is 0 Å². The van der Waals surface area contributed by atoms with Crippen LogP contribution in [0.1, 0.15) is 97.2 Å². The highest BCUT2D eigenvalue weighted by Crippen LogP contribution is 2.60. The number of para-hydroxylation sites is 2. The number of hydrogen-bond acceptors (Lipinski definition) is 3. The molecule has 14 rings (SSSR count). The van der Waals surface area contributed by atoms with Gasteiger partial charge in [0, 0.05) is 60.4 Å². The van der Waals surface area contributed by atoms with Crippen LogP contribution in [0.5, 0.6) is 0 Å². The van der Waals surface area contributed by atoms with Crippen LogP contribution in [0.2, 0.25) is 0 Å². The number of anilines is 3. The average molecular weight is 906 g/mol. The molecule has 0 saturated carbocycles.